The van der Waals surface area contributed by atoms with E-state index in [4.69, 9.17) is 13.9 Å². The lowest BCUT2D eigenvalue weighted by molar-refractivity contribution is 0.346. The van der Waals surface area contributed by atoms with Gasteiger partial charge in [0.1, 0.15) is 23.3 Å². The Hall–Kier alpha value is -2.08. The van der Waals surface area contributed by atoms with Crippen LogP contribution < -0.4 is 14.8 Å². The molecule has 0 aliphatic carbocycles. The van der Waals surface area contributed by atoms with Crippen molar-refractivity contribution >= 4 is 0 Å². The first-order valence-electron chi connectivity index (χ1n) is 7.00. The molecule has 2 aromatic rings. The summed E-state index contributed by atoms with van der Waals surface area (Å²) < 4.78 is 16.3. The molecule has 2 heterocycles. The Bertz CT molecular complexity index is 583. The standard InChI is InChI=1S/C15H21N3O3/c1-5-10-7-8-11(21-10)13(16-6-2)14-15(20-4)18-12(19-3)9-17-14/h7-9,13,16H,5-6H2,1-4H3. The molecule has 0 bridgehead atoms. The number of aromatic nitrogens is 2. The first kappa shape index (κ1) is 15.3. The van der Waals surface area contributed by atoms with Gasteiger partial charge in [-0.2, -0.15) is 4.98 Å². The fourth-order valence-corrected chi connectivity index (χ4v) is 2.09. The lowest BCUT2D eigenvalue weighted by atomic mass is 10.1. The largest absolute Gasteiger partial charge is 0.480 e. The Kier molecular flexibility index (Phi) is 5.16. The molecule has 6 nitrogen and oxygen atoms in total. The topological polar surface area (TPSA) is 69.4 Å². The second kappa shape index (κ2) is 7.08. The van der Waals surface area contributed by atoms with Crippen LogP contribution in [-0.4, -0.2) is 30.7 Å². The molecular weight excluding hydrogens is 270 g/mol. The highest BCUT2D eigenvalue weighted by Gasteiger charge is 2.23. The molecule has 0 aliphatic rings. The van der Waals surface area contributed by atoms with Gasteiger partial charge in [-0.3, -0.25) is 0 Å². The van der Waals surface area contributed by atoms with Gasteiger partial charge in [0.2, 0.25) is 11.8 Å². The van der Waals surface area contributed by atoms with Crippen LogP contribution in [0.25, 0.3) is 0 Å². The molecular formula is C15H21N3O3. The summed E-state index contributed by atoms with van der Waals surface area (Å²) in [7, 11) is 3.11. The molecule has 1 unspecified atom stereocenters. The summed E-state index contributed by atoms with van der Waals surface area (Å²) in [6.07, 6.45) is 2.43. The Balaban J connectivity index is 2.41. The number of nitrogens with one attached hydrogen (secondary N) is 1. The van der Waals surface area contributed by atoms with E-state index in [0.717, 1.165) is 24.5 Å². The SMILES string of the molecule is CCNC(c1ccc(CC)o1)c1ncc(OC)nc1OC. The molecule has 0 spiro atoms. The van der Waals surface area contributed by atoms with Crippen LogP contribution in [0.4, 0.5) is 0 Å². The van der Waals surface area contributed by atoms with Crippen LogP contribution in [0.2, 0.25) is 0 Å². The van der Waals surface area contributed by atoms with Crippen molar-refractivity contribution in [3.05, 3.63) is 35.5 Å². The van der Waals surface area contributed by atoms with E-state index < -0.39 is 0 Å². The van der Waals surface area contributed by atoms with Crippen LogP contribution in [0, 0.1) is 0 Å². The highest BCUT2D eigenvalue weighted by molar-refractivity contribution is 5.31. The molecule has 0 aliphatic heterocycles. The molecule has 0 radical (unpaired) electrons. The molecule has 1 N–H and O–H groups in total. The van der Waals surface area contributed by atoms with Gasteiger partial charge in [-0.1, -0.05) is 13.8 Å². The number of nitrogens with zero attached hydrogens (tertiary/aromatic N) is 2. The van der Waals surface area contributed by atoms with Crippen LogP contribution in [0.5, 0.6) is 11.8 Å². The minimum atomic E-state index is -0.205. The maximum absolute atomic E-state index is 5.84. The smallest absolute Gasteiger partial charge is 0.240 e. The fraction of sp³-hybridized carbons (Fsp3) is 0.467. The average molecular weight is 291 g/mol. The van der Waals surface area contributed by atoms with Gasteiger partial charge in [0, 0.05) is 6.42 Å². The zero-order valence-electron chi connectivity index (χ0n) is 12.8. The third kappa shape index (κ3) is 3.33. The molecule has 1 atom stereocenters. The molecule has 0 amide bonds. The number of aryl methyl sites for hydroxylation is 1. The highest BCUT2D eigenvalue weighted by Crippen LogP contribution is 2.29. The predicted octanol–water partition coefficient (Wildman–Crippen LogP) is 2.35. The first-order valence-corrected chi connectivity index (χ1v) is 7.00. The Morgan fingerprint density at radius 3 is 2.62 bits per heavy atom. The number of rotatable bonds is 7. The molecule has 6 heteroatoms. The summed E-state index contributed by atoms with van der Waals surface area (Å²) in [5.41, 5.74) is 0.678. The van der Waals surface area contributed by atoms with Gasteiger partial charge in [-0.15, -0.1) is 0 Å². The van der Waals surface area contributed by atoms with E-state index >= 15 is 0 Å². The van der Waals surface area contributed by atoms with E-state index in [1.165, 1.54) is 0 Å². The minimum absolute atomic E-state index is 0.205. The summed E-state index contributed by atoms with van der Waals surface area (Å²) in [4.78, 5) is 8.69. The Morgan fingerprint density at radius 2 is 2.05 bits per heavy atom. The molecule has 0 aromatic carbocycles. The summed E-state index contributed by atoms with van der Waals surface area (Å²) in [5, 5.41) is 3.35. The zero-order valence-corrected chi connectivity index (χ0v) is 12.8. The first-order chi connectivity index (χ1) is 10.2. The number of furan rings is 1. The lowest BCUT2D eigenvalue weighted by Crippen LogP contribution is -2.23. The predicted molar refractivity (Wildman–Crippen MR) is 78.7 cm³/mol. The summed E-state index contributed by atoms with van der Waals surface area (Å²) in [6.45, 7) is 4.85. The molecule has 114 valence electrons. The van der Waals surface area contributed by atoms with E-state index in [1.54, 1.807) is 20.4 Å². The van der Waals surface area contributed by atoms with E-state index in [-0.39, 0.29) is 6.04 Å². The highest BCUT2D eigenvalue weighted by atomic mass is 16.5. The van der Waals surface area contributed by atoms with Crippen molar-refractivity contribution in [2.75, 3.05) is 20.8 Å². The fourth-order valence-electron chi connectivity index (χ4n) is 2.09. The van der Waals surface area contributed by atoms with E-state index in [1.807, 2.05) is 19.1 Å². The van der Waals surface area contributed by atoms with Crippen LogP contribution in [0.1, 0.15) is 37.1 Å². The van der Waals surface area contributed by atoms with Gasteiger partial charge in [-0.25, -0.2) is 4.98 Å². The van der Waals surface area contributed by atoms with Gasteiger partial charge < -0.3 is 19.2 Å². The van der Waals surface area contributed by atoms with Crippen LogP contribution in [-0.2, 0) is 6.42 Å². The van der Waals surface area contributed by atoms with Gasteiger partial charge in [0.05, 0.1) is 20.4 Å². The van der Waals surface area contributed by atoms with Crippen molar-refractivity contribution in [2.24, 2.45) is 0 Å². The molecule has 0 fully saturated rings. The maximum Gasteiger partial charge on any atom is 0.240 e. The third-order valence-corrected chi connectivity index (χ3v) is 3.14. The number of methoxy groups -OCH3 is 2. The van der Waals surface area contributed by atoms with Gasteiger partial charge in [0.15, 0.2) is 0 Å². The molecule has 2 rings (SSSR count). The second-order valence-electron chi connectivity index (χ2n) is 4.46. The van der Waals surface area contributed by atoms with E-state index in [2.05, 4.69) is 22.2 Å². The average Bonchev–Trinajstić information content (AvgIpc) is 3.00. The number of ether oxygens (including phenoxy) is 2. The lowest BCUT2D eigenvalue weighted by Gasteiger charge is -2.17. The van der Waals surface area contributed by atoms with Crippen molar-refractivity contribution in [1.82, 2.24) is 15.3 Å². The summed E-state index contributed by atoms with van der Waals surface area (Å²) in [6, 6.07) is 3.73. The van der Waals surface area contributed by atoms with Gasteiger partial charge in [0.25, 0.3) is 0 Å². The molecule has 2 aromatic heterocycles. The van der Waals surface area contributed by atoms with Gasteiger partial charge in [-0.05, 0) is 18.7 Å². The Morgan fingerprint density at radius 1 is 1.24 bits per heavy atom. The summed E-state index contributed by atoms with van der Waals surface area (Å²) >= 11 is 0. The second-order valence-corrected chi connectivity index (χ2v) is 4.46. The van der Waals surface area contributed by atoms with Crippen LogP contribution >= 0.6 is 0 Å². The van der Waals surface area contributed by atoms with Crippen molar-refractivity contribution in [1.29, 1.82) is 0 Å². The molecule has 21 heavy (non-hydrogen) atoms. The van der Waals surface area contributed by atoms with Crippen molar-refractivity contribution in [3.63, 3.8) is 0 Å². The maximum atomic E-state index is 5.84. The monoisotopic (exact) mass is 291 g/mol. The van der Waals surface area contributed by atoms with Crippen molar-refractivity contribution in [3.8, 4) is 11.8 Å². The normalized spacial score (nSPS) is 12.2. The molecule has 0 saturated carbocycles. The molecule has 0 saturated heterocycles. The number of hydrogen-bond donors (Lipinski definition) is 1. The number of hydrogen-bond acceptors (Lipinski definition) is 6. The Labute approximate surface area is 124 Å². The zero-order chi connectivity index (χ0) is 15.2. The van der Waals surface area contributed by atoms with E-state index in [0.29, 0.717) is 17.5 Å². The van der Waals surface area contributed by atoms with Crippen LogP contribution in [0.15, 0.2) is 22.7 Å². The van der Waals surface area contributed by atoms with Crippen molar-refractivity contribution < 1.29 is 13.9 Å². The quantitative estimate of drug-likeness (QED) is 0.844. The van der Waals surface area contributed by atoms with Gasteiger partial charge >= 0.3 is 0 Å². The third-order valence-electron chi connectivity index (χ3n) is 3.14. The van der Waals surface area contributed by atoms with E-state index in [9.17, 15) is 0 Å². The minimum Gasteiger partial charge on any atom is -0.480 e. The van der Waals surface area contributed by atoms with Crippen molar-refractivity contribution in [2.45, 2.75) is 26.3 Å². The van der Waals surface area contributed by atoms with Crippen LogP contribution in [0.3, 0.4) is 0 Å². The summed E-state index contributed by atoms with van der Waals surface area (Å²) in [5.74, 6) is 2.58.